The number of hydrogen-bond acceptors (Lipinski definition) is 6. The van der Waals surface area contributed by atoms with Crippen molar-refractivity contribution in [2.75, 3.05) is 6.61 Å². The van der Waals surface area contributed by atoms with E-state index >= 15 is 0 Å². The van der Waals surface area contributed by atoms with E-state index in [0.717, 1.165) is 38.5 Å². The summed E-state index contributed by atoms with van der Waals surface area (Å²) in [7, 11) is 0. The number of aliphatic hydroxyl groups is 1. The van der Waals surface area contributed by atoms with Crippen LogP contribution < -0.4 is 15.4 Å². The van der Waals surface area contributed by atoms with E-state index in [2.05, 4.69) is 25.6 Å². The number of aryl methyl sites for hydroxylation is 1. The van der Waals surface area contributed by atoms with Crippen LogP contribution in [0.2, 0.25) is 0 Å². The fourth-order valence-electron chi connectivity index (χ4n) is 4.87. The van der Waals surface area contributed by atoms with Gasteiger partial charge in [-0.05, 0) is 70.4 Å². The normalized spacial score (nSPS) is 20.4. The third-order valence-electron chi connectivity index (χ3n) is 7.16. The van der Waals surface area contributed by atoms with E-state index in [1.165, 1.54) is 25.4 Å². The number of nitrogens with one attached hydrogen (secondary N) is 3. The van der Waals surface area contributed by atoms with Crippen molar-refractivity contribution in [1.82, 2.24) is 25.6 Å². The Labute approximate surface area is 214 Å². The molecule has 0 bridgehead atoms. The van der Waals surface area contributed by atoms with Crippen LogP contribution in [-0.4, -0.2) is 56.7 Å². The third kappa shape index (κ3) is 5.58. The number of aromatic nitrogens is 3. The molecule has 1 aromatic carbocycles. The van der Waals surface area contributed by atoms with Gasteiger partial charge in [0.25, 0.3) is 5.91 Å². The van der Waals surface area contributed by atoms with Crippen molar-refractivity contribution in [1.29, 1.82) is 0 Å². The maximum Gasteiger partial charge on any atom is 0.255 e. The van der Waals surface area contributed by atoms with Crippen LogP contribution in [-0.2, 0) is 4.79 Å². The van der Waals surface area contributed by atoms with Crippen LogP contribution >= 0.6 is 0 Å². The number of ether oxygens (including phenoxy) is 1. The molecule has 5 rings (SSSR count). The second-order valence-electron chi connectivity index (χ2n) is 10.2. The fraction of sp³-hybridized carbons (Fsp3) is 0.481. The van der Waals surface area contributed by atoms with Gasteiger partial charge in [0.2, 0.25) is 5.91 Å². The van der Waals surface area contributed by atoms with Gasteiger partial charge >= 0.3 is 0 Å². The number of aliphatic hydroxyl groups excluding tert-OH is 1. The molecular weight excluding hydrogens is 477 g/mol. The zero-order valence-electron chi connectivity index (χ0n) is 21.0. The minimum atomic E-state index is -1.04. The quantitative estimate of drug-likeness (QED) is 0.368. The van der Waals surface area contributed by atoms with E-state index in [4.69, 9.17) is 4.74 Å². The van der Waals surface area contributed by atoms with Crippen molar-refractivity contribution in [3.63, 3.8) is 0 Å². The van der Waals surface area contributed by atoms with Crippen molar-refractivity contribution in [2.45, 2.75) is 70.6 Å². The number of rotatable bonds is 8. The summed E-state index contributed by atoms with van der Waals surface area (Å²) in [5.74, 6) is -0.0599. The Bertz CT molecular complexity index is 1310. The van der Waals surface area contributed by atoms with Crippen LogP contribution in [0.25, 0.3) is 22.3 Å². The Morgan fingerprint density at radius 2 is 1.84 bits per heavy atom. The second-order valence-corrected chi connectivity index (χ2v) is 10.2. The zero-order chi connectivity index (χ0) is 26.1. The van der Waals surface area contributed by atoms with E-state index < -0.39 is 6.10 Å². The second kappa shape index (κ2) is 10.5. The van der Waals surface area contributed by atoms with Gasteiger partial charge in [0.05, 0.1) is 17.7 Å². The minimum absolute atomic E-state index is 0.00702. The highest BCUT2D eigenvalue weighted by molar-refractivity contribution is 6.09. The lowest BCUT2D eigenvalue weighted by Crippen LogP contribution is -2.46. The molecule has 2 amide bonds. The van der Waals surface area contributed by atoms with Crippen molar-refractivity contribution in [2.24, 2.45) is 5.92 Å². The van der Waals surface area contributed by atoms with E-state index in [9.17, 15) is 19.1 Å². The number of H-pyrrole nitrogens is 1. The number of carbonyl (C=O) groups is 2. The molecule has 2 aromatic heterocycles. The summed E-state index contributed by atoms with van der Waals surface area (Å²) >= 11 is 0. The molecule has 37 heavy (non-hydrogen) atoms. The molecule has 4 N–H and O–H groups in total. The maximum atomic E-state index is 14.0. The SMILES string of the molecule is Cc1[nH]c2c(-c3ccc(F)cc3OCC3CC3)ncnc2c1C(=O)N[C@H]1CC[C@H](NC(=O)[C@H](C)O)CC1. The van der Waals surface area contributed by atoms with Crippen LogP contribution in [0.15, 0.2) is 24.5 Å². The van der Waals surface area contributed by atoms with Gasteiger partial charge in [0.1, 0.15) is 35.2 Å². The topological polar surface area (TPSA) is 129 Å². The highest BCUT2D eigenvalue weighted by Crippen LogP contribution is 2.36. The summed E-state index contributed by atoms with van der Waals surface area (Å²) in [6, 6.07) is 4.35. The molecular formula is C27H32FN5O4. The fourth-order valence-corrected chi connectivity index (χ4v) is 4.87. The molecule has 2 fully saturated rings. The molecule has 2 aliphatic carbocycles. The average molecular weight is 510 g/mol. The molecule has 0 saturated heterocycles. The summed E-state index contributed by atoms with van der Waals surface area (Å²) in [5, 5.41) is 15.4. The van der Waals surface area contributed by atoms with E-state index in [1.54, 1.807) is 6.07 Å². The molecule has 9 nitrogen and oxygen atoms in total. The number of benzene rings is 1. The highest BCUT2D eigenvalue weighted by Gasteiger charge is 2.28. The number of halogens is 1. The number of carbonyl (C=O) groups excluding carboxylic acids is 2. The predicted molar refractivity (Wildman–Crippen MR) is 136 cm³/mol. The largest absolute Gasteiger partial charge is 0.492 e. The van der Waals surface area contributed by atoms with Crippen molar-refractivity contribution >= 4 is 22.8 Å². The Morgan fingerprint density at radius 1 is 1.14 bits per heavy atom. The smallest absolute Gasteiger partial charge is 0.255 e. The summed E-state index contributed by atoms with van der Waals surface area (Å²) in [6.07, 6.45) is 5.48. The molecule has 0 aliphatic heterocycles. The first kappa shape index (κ1) is 25.1. The van der Waals surface area contributed by atoms with E-state index in [0.29, 0.717) is 51.8 Å². The van der Waals surface area contributed by atoms with Gasteiger partial charge in [0.15, 0.2) is 0 Å². The maximum absolute atomic E-state index is 14.0. The van der Waals surface area contributed by atoms with Crippen molar-refractivity contribution < 1.29 is 23.8 Å². The van der Waals surface area contributed by atoms with Crippen LogP contribution in [0.1, 0.15) is 61.5 Å². The first-order valence-electron chi connectivity index (χ1n) is 12.9. The van der Waals surface area contributed by atoms with Crippen molar-refractivity contribution in [3.05, 3.63) is 41.6 Å². The lowest BCUT2D eigenvalue weighted by Gasteiger charge is -2.30. The molecule has 3 aromatic rings. The molecule has 10 heteroatoms. The first-order chi connectivity index (χ1) is 17.8. The van der Waals surface area contributed by atoms with Crippen LogP contribution in [0.4, 0.5) is 4.39 Å². The molecule has 2 aliphatic rings. The standard InChI is InChI=1S/C27H32FN5O4/c1-14-22(27(36)33-19-8-6-18(7-9-19)32-26(35)15(2)34)24-25(31-14)23(29-13-30-24)20-10-5-17(28)11-21(20)37-12-16-3-4-16/h5,10-11,13,15-16,18-19,31,34H,3-4,6-9,12H2,1-2H3,(H,32,35)(H,33,36)/t15-,18-,19-/m0/s1. The number of amides is 2. The molecule has 0 spiro atoms. The Morgan fingerprint density at radius 3 is 2.51 bits per heavy atom. The minimum Gasteiger partial charge on any atom is -0.492 e. The van der Waals surface area contributed by atoms with Crippen LogP contribution in [0.3, 0.4) is 0 Å². The number of hydrogen-bond donors (Lipinski definition) is 4. The van der Waals surface area contributed by atoms with Gasteiger partial charge in [-0.3, -0.25) is 9.59 Å². The third-order valence-corrected chi connectivity index (χ3v) is 7.16. The molecule has 2 saturated carbocycles. The van der Waals surface area contributed by atoms with E-state index in [1.807, 2.05) is 6.92 Å². The van der Waals surface area contributed by atoms with E-state index in [-0.39, 0.29) is 29.7 Å². The Kier molecular flexibility index (Phi) is 7.10. The highest BCUT2D eigenvalue weighted by atomic mass is 19.1. The number of fused-ring (bicyclic) bond motifs is 1. The van der Waals surface area contributed by atoms with Crippen molar-refractivity contribution in [3.8, 4) is 17.0 Å². The molecule has 2 heterocycles. The van der Waals surface area contributed by atoms with Gasteiger partial charge in [-0.15, -0.1) is 0 Å². The van der Waals surface area contributed by atoms with Gasteiger partial charge in [0, 0.05) is 29.4 Å². The summed E-state index contributed by atoms with van der Waals surface area (Å²) in [5.41, 5.74) is 3.39. The van der Waals surface area contributed by atoms with Gasteiger partial charge < -0.3 is 25.5 Å². The van der Waals surface area contributed by atoms with Crippen LogP contribution in [0, 0.1) is 18.7 Å². The number of aromatic amines is 1. The summed E-state index contributed by atoms with van der Waals surface area (Å²) in [4.78, 5) is 37.2. The Hall–Kier alpha value is -3.53. The molecule has 0 unspecified atom stereocenters. The first-order valence-corrected chi connectivity index (χ1v) is 12.9. The zero-order valence-corrected chi connectivity index (χ0v) is 21.0. The Balaban J connectivity index is 1.34. The van der Waals surface area contributed by atoms with Gasteiger partial charge in [-0.25, -0.2) is 14.4 Å². The summed E-state index contributed by atoms with van der Waals surface area (Å²) < 4.78 is 20.0. The molecule has 196 valence electrons. The average Bonchev–Trinajstić information content (AvgIpc) is 3.63. The molecule has 0 radical (unpaired) electrons. The summed E-state index contributed by atoms with van der Waals surface area (Å²) in [6.45, 7) is 3.79. The van der Waals surface area contributed by atoms with Crippen LogP contribution in [0.5, 0.6) is 5.75 Å². The predicted octanol–water partition coefficient (Wildman–Crippen LogP) is 3.40. The van der Waals surface area contributed by atoms with Gasteiger partial charge in [-0.2, -0.15) is 0 Å². The lowest BCUT2D eigenvalue weighted by atomic mass is 9.90. The monoisotopic (exact) mass is 509 g/mol. The lowest BCUT2D eigenvalue weighted by molar-refractivity contribution is -0.129. The molecule has 1 atom stereocenters. The number of nitrogens with zero attached hydrogens (tertiary/aromatic N) is 2. The van der Waals surface area contributed by atoms with Gasteiger partial charge in [-0.1, -0.05) is 0 Å².